The van der Waals surface area contributed by atoms with Gasteiger partial charge in [-0.2, -0.15) is 0 Å². The fourth-order valence-corrected chi connectivity index (χ4v) is 6.30. The van der Waals surface area contributed by atoms with Gasteiger partial charge in [0.2, 0.25) is 0 Å². The maximum atomic E-state index is 11.5. The zero-order chi connectivity index (χ0) is 19.1. The summed E-state index contributed by atoms with van der Waals surface area (Å²) in [5.74, 6) is 4.97. The zero-order valence-electron chi connectivity index (χ0n) is 18.1. The number of esters is 1. The molecule has 0 aromatic carbocycles. The smallest absolute Gasteiger partial charge is 0.305 e. The van der Waals surface area contributed by atoms with Crippen LogP contribution in [0.1, 0.15) is 117 Å². The standard InChI is InChI=1S/C25H44O2/c1-3-19-5-7-20(8-6-19)9-10-21-11-13-22(14-12-21)23-15-17-24(18-16-23)27-25(26)4-2/h19-24H,3-18H2,1-2H3. The average Bonchev–Trinajstić information content (AvgIpc) is 2.73. The Hall–Kier alpha value is -0.530. The molecule has 0 aliphatic heterocycles. The maximum absolute atomic E-state index is 11.5. The Balaban J connectivity index is 1.29. The van der Waals surface area contributed by atoms with Crippen molar-refractivity contribution in [3.05, 3.63) is 0 Å². The second kappa shape index (κ2) is 10.9. The first-order chi connectivity index (χ1) is 13.2. The van der Waals surface area contributed by atoms with E-state index >= 15 is 0 Å². The van der Waals surface area contributed by atoms with E-state index in [2.05, 4.69) is 6.92 Å². The third-order valence-corrected chi connectivity index (χ3v) is 8.39. The van der Waals surface area contributed by atoms with Crippen LogP contribution in [-0.2, 0) is 9.53 Å². The van der Waals surface area contributed by atoms with Gasteiger partial charge in [0.15, 0.2) is 0 Å². The van der Waals surface area contributed by atoms with E-state index in [1.54, 1.807) is 0 Å². The van der Waals surface area contributed by atoms with Crippen molar-refractivity contribution >= 4 is 5.97 Å². The number of carbonyl (C=O) groups is 1. The molecule has 0 radical (unpaired) electrons. The lowest BCUT2D eigenvalue weighted by Crippen LogP contribution is -2.29. The van der Waals surface area contributed by atoms with Gasteiger partial charge in [0.05, 0.1) is 0 Å². The lowest BCUT2D eigenvalue weighted by molar-refractivity contribution is -0.150. The average molecular weight is 377 g/mol. The molecule has 0 aromatic rings. The highest BCUT2D eigenvalue weighted by molar-refractivity contribution is 5.69. The van der Waals surface area contributed by atoms with Gasteiger partial charge < -0.3 is 4.74 Å². The first-order valence-electron chi connectivity index (χ1n) is 12.4. The van der Waals surface area contributed by atoms with Crippen molar-refractivity contribution < 1.29 is 9.53 Å². The molecule has 0 unspecified atom stereocenters. The fraction of sp³-hybridized carbons (Fsp3) is 0.960. The van der Waals surface area contributed by atoms with E-state index in [1.807, 2.05) is 6.92 Å². The van der Waals surface area contributed by atoms with Crippen LogP contribution in [0.5, 0.6) is 0 Å². The maximum Gasteiger partial charge on any atom is 0.305 e. The number of ether oxygens (including phenoxy) is 1. The minimum Gasteiger partial charge on any atom is -0.462 e. The van der Waals surface area contributed by atoms with Crippen LogP contribution in [0.2, 0.25) is 0 Å². The molecule has 0 N–H and O–H groups in total. The van der Waals surface area contributed by atoms with E-state index in [9.17, 15) is 4.79 Å². The summed E-state index contributed by atoms with van der Waals surface area (Å²) in [4.78, 5) is 11.5. The first kappa shape index (κ1) is 21.2. The summed E-state index contributed by atoms with van der Waals surface area (Å²) in [5.41, 5.74) is 0. The highest BCUT2D eigenvalue weighted by atomic mass is 16.5. The van der Waals surface area contributed by atoms with Gasteiger partial charge in [0, 0.05) is 6.42 Å². The quantitative estimate of drug-likeness (QED) is 0.436. The van der Waals surface area contributed by atoms with Gasteiger partial charge in [-0.25, -0.2) is 0 Å². The van der Waals surface area contributed by atoms with Gasteiger partial charge in [-0.05, 0) is 68.1 Å². The van der Waals surface area contributed by atoms with E-state index in [1.165, 1.54) is 83.5 Å². The molecule has 0 heterocycles. The van der Waals surface area contributed by atoms with Crippen molar-refractivity contribution in [2.45, 2.75) is 123 Å². The van der Waals surface area contributed by atoms with E-state index in [0.29, 0.717) is 6.42 Å². The molecule has 156 valence electrons. The summed E-state index contributed by atoms with van der Waals surface area (Å²) in [6.07, 6.45) is 21.9. The molecule has 3 rings (SSSR count). The van der Waals surface area contributed by atoms with Crippen LogP contribution < -0.4 is 0 Å². The van der Waals surface area contributed by atoms with Crippen molar-refractivity contribution in [2.75, 3.05) is 0 Å². The predicted molar refractivity (Wildman–Crippen MR) is 113 cm³/mol. The molecular formula is C25H44O2. The van der Waals surface area contributed by atoms with E-state index in [4.69, 9.17) is 4.74 Å². The van der Waals surface area contributed by atoms with Crippen LogP contribution >= 0.6 is 0 Å². The minimum absolute atomic E-state index is 0.0119. The van der Waals surface area contributed by atoms with Crippen LogP contribution in [0.3, 0.4) is 0 Å². The number of hydrogen-bond acceptors (Lipinski definition) is 2. The second-order valence-corrected chi connectivity index (χ2v) is 10.0. The van der Waals surface area contributed by atoms with Crippen LogP contribution in [-0.4, -0.2) is 12.1 Å². The largest absolute Gasteiger partial charge is 0.462 e. The minimum atomic E-state index is -0.0119. The molecule has 0 amide bonds. The third kappa shape index (κ3) is 6.50. The number of rotatable bonds is 7. The highest BCUT2D eigenvalue weighted by Gasteiger charge is 2.32. The molecule has 27 heavy (non-hydrogen) atoms. The molecule has 0 spiro atoms. The molecule has 0 saturated heterocycles. The monoisotopic (exact) mass is 376 g/mol. The fourth-order valence-electron chi connectivity index (χ4n) is 6.30. The summed E-state index contributed by atoms with van der Waals surface area (Å²) in [7, 11) is 0. The molecule has 0 aromatic heterocycles. The van der Waals surface area contributed by atoms with Gasteiger partial charge >= 0.3 is 5.97 Å². The molecule has 2 nitrogen and oxygen atoms in total. The van der Waals surface area contributed by atoms with Gasteiger partial charge in [-0.3, -0.25) is 4.79 Å². The molecule has 3 saturated carbocycles. The van der Waals surface area contributed by atoms with Gasteiger partial charge in [-0.15, -0.1) is 0 Å². The SMILES string of the molecule is CCC(=O)OC1CCC(C2CCC(CCC3CCC(CC)CC3)CC2)CC1. The summed E-state index contributed by atoms with van der Waals surface area (Å²) in [5, 5.41) is 0. The van der Waals surface area contributed by atoms with Crippen molar-refractivity contribution in [3.8, 4) is 0 Å². The van der Waals surface area contributed by atoms with Crippen molar-refractivity contribution in [2.24, 2.45) is 29.6 Å². The Labute approximate surface area is 168 Å². The molecular weight excluding hydrogens is 332 g/mol. The van der Waals surface area contributed by atoms with Crippen LogP contribution in [0, 0.1) is 29.6 Å². The lowest BCUT2D eigenvalue weighted by Gasteiger charge is -2.38. The molecule has 0 atom stereocenters. The predicted octanol–water partition coefficient (Wildman–Crippen LogP) is 7.30. The Morgan fingerprint density at radius 2 is 1.11 bits per heavy atom. The summed E-state index contributed by atoms with van der Waals surface area (Å²) < 4.78 is 5.56. The third-order valence-electron chi connectivity index (χ3n) is 8.39. The van der Waals surface area contributed by atoms with Gasteiger partial charge in [-0.1, -0.05) is 71.6 Å². The molecule has 3 aliphatic carbocycles. The summed E-state index contributed by atoms with van der Waals surface area (Å²) in [6, 6.07) is 0. The first-order valence-corrected chi connectivity index (χ1v) is 12.4. The molecule has 0 bridgehead atoms. The Kier molecular flexibility index (Phi) is 8.52. The molecule has 3 aliphatic rings. The number of hydrogen-bond donors (Lipinski definition) is 0. The van der Waals surface area contributed by atoms with Crippen LogP contribution in [0.15, 0.2) is 0 Å². The second-order valence-electron chi connectivity index (χ2n) is 10.0. The molecule has 3 fully saturated rings. The topological polar surface area (TPSA) is 26.3 Å². The lowest BCUT2D eigenvalue weighted by atomic mass is 9.69. The summed E-state index contributed by atoms with van der Waals surface area (Å²) >= 11 is 0. The Bertz CT molecular complexity index is 422. The van der Waals surface area contributed by atoms with Crippen molar-refractivity contribution in [3.63, 3.8) is 0 Å². The van der Waals surface area contributed by atoms with E-state index < -0.39 is 0 Å². The van der Waals surface area contributed by atoms with E-state index in [-0.39, 0.29) is 12.1 Å². The zero-order valence-corrected chi connectivity index (χ0v) is 18.1. The van der Waals surface area contributed by atoms with Crippen LogP contribution in [0.25, 0.3) is 0 Å². The normalized spacial score (nSPS) is 37.7. The van der Waals surface area contributed by atoms with Crippen LogP contribution in [0.4, 0.5) is 0 Å². The van der Waals surface area contributed by atoms with Gasteiger partial charge in [0.25, 0.3) is 0 Å². The van der Waals surface area contributed by atoms with Gasteiger partial charge in [0.1, 0.15) is 6.10 Å². The summed E-state index contributed by atoms with van der Waals surface area (Å²) in [6.45, 7) is 4.26. The number of carbonyl (C=O) groups excluding carboxylic acids is 1. The Morgan fingerprint density at radius 3 is 1.59 bits per heavy atom. The Morgan fingerprint density at radius 1 is 0.667 bits per heavy atom. The van der Waals surface area contributed by atoms with E-state index in [0.717, 1.165) is 42.4 Å². The molecule has 2 heteroatoms. The highest BCUT2D eigenvalue weighted by Crippen LogP contribution is 2.42. The van der Waals surface area contributed by atoms with Crippen molar-refractivity contribution in [1.29, 1.82) is 0 Å². The van der Waals surface area contributed by atoms with Crippen molar-refractivity contribution in [1.82, 2.24) is 0 Å².